The Morgan fingerprint density at radius 1 is 1.88 bits per heavy atom. The van der Waals surface area contributed by atoms with Crippen LogP contribution < -0.4 is 5.32 Å². The maximum Gasteiger partial charge on any atom is 0.317 e. The van der Waals surface area contributed by atoms with Gasteiger partial charge in [-0.05, 0) is 6.92 Å². The van der Waals surface area contributed by atoms with Crippen molar-refractivity contribution in [2.75, 3.05) is 13.6 Å². The summed E-state index contributed by atoms with van der Waals surface area (Å²) in [6.45, 7) is 2.82. The first-order chi connectivity index (χ1) is 3.70. The highest BCUT2D eigenvalue weighted by Gasteiger charge is 2.20. The number of rotatable bonds is 0. The average Bonchev–Trinajstić information content (AvgIpc) is 1.85. The Morgan fingerprint density at radius 2 is 2.50 bits per heavy atom. The third-order valence-corrected chi connectivity index (χ3v) is 1.26. The fraction of sp³-hybridized carbons (Fsp3) is 0.800. The molecule has 1 saturated heterocycles. The van der Waals surface area contributed by atoms with Crippen LogP contribution in [0, 0.1) is 0 Å². The van der Waals surface area contributed by atoms with Crippen molar-refractivity contribution in [3.05, 3.63) is 0 Å². The first-order valence-corrected chi connectivity index (χ1v) is 2.72. The predicted molar refractivity (Wildman–Crippen MR) is 30.6 cm³/mol. The van der Waals surface area contributed by atoms with Crippen LogP contribution in [-0.4, -0.2) is 30.6 Å². The molecular formula is C5H10N2O. The average molecular weight is 114 g/mol. The van der Waals surface area contributed by atoms with Crippen LogP contribution in [0.5, 0.6) is 0 Å². The molecule has 0 aromatic rings. The van der Waals surface area contributed by atoms with Crippen LogP contribution in [0.2, 0.25) is 0 Å². The van der Waals surface area contributed by atoms with Crippen molar-refractivity contribution in [2.45, 2.75) is 13.0 Å². The van der Waals surface area contributed by atoms with Gasteiger partial charge in [-0.15, -0.1) is 0 Å². The van der Waals surface area contributed by atoms with Crippen molar-refractivity contribution in [1.82, 2.24) is 10.2 Å². The Hall–Kier alpha value is -0.730. The quantitative estimate of drug-likeness (QED) is 0.473. The molecule has 0 aliphatic carbocycles. The lowest BCUT2D eigenvalue weighted by Gasteiger charge is -2.02. The van der Waals surface area contributed by atoms with Crippen molar-refractivity contribution in [1.29, 1.82) is 0 Å². The lowest BCUT2D eigenvalue weighted by Crippen LogP contribution is -2.25. The van der Waals surface area contributed by atoms with Gasteiger partial charge in [0.25, 0.3) is 0 Å². The second kappa shape index (κ2) is 1.65. The number of hydrogen-bond acceptors (Lipinski definition) is 1. The molecule has 1 atom stereocenters. The van der Waals surface area contributed by atoms with E-state index in [1.807, 2.05) is 6.92 Å². The van der Waals surface area contributed by atoms with Gasteiger partial charge < -0.3 is 10.2 Å². The monoisotopic (exact) mass is 114 g/mol. The number of hydrogen-bond donors (Lipinski definition) is 1. The van der Waals surface area contributed by atoms with Crippen LogP contribution in [0.25, 0.3) is 0 Å². The molecule has 3 nitrogen and oxygen atoms in total. The Kier molecular flexibility index (Phi) is 1.12. The van der Waals surface area contributed by atoms with E-state index in [9.17, 15) is 4.79 Å². The number of carbonyl (C=O) groups excluding carboxylic acids is 1. The zero-order chi connectivity index (χ0) is 6.15. The highest BCUT2D eigenvalue weighted by atomic mass is 16.2. The van der Waals surface area contributed by atoms with E-state index < -0.39 is 0 Å². The predicted octanol–water partition coefficient (Wildman–Crippen LogP) is 0.0299. The molecule has 0 saturated carbocycles. The van der Waals surface area contributed by atoms with Gasteiger partial charge in [0.15, 0.2) is 0 Å². The first kappa shape index (κ1) is 5.41. The van der Waals surface area contributed by atoms with Gasteiger partial charge >= 0.3 is 6.03 Å². The van der Waals surface area contributed by atoms with E-state index in [2.05, 4.69) is 5.32 Å². The minimum atomic E-state index is 0.0394. The minimum absolute atomic E-state index is 0.0394. The number of nitrogens with zero attached hydrogens (tertiary/aromatic N) is 1. The highest BCUT2D eigenvalue weighted by molar-refractivity contribution is 5.76. The number of urea groups is 1. The molecule has 1 fully saturated rings. The summed E-state index contributed by atoms with van der Waals surface area (Å²) >= 11 is 0. The van der Waals surface area contributed by atoms with Crippen molar-refractivity contribution >= 4 is 6.03 Å². The second-order valence-electron chi connectivity index (χ2n) is 2.23. The third kappa shape index (κ3) is 0.757. The van der Waals surface area contributed by atoms with Crippen LogP contribution in [0.4, 0.5) is 4.79 Å². The highest BCUT2D eigenvalue weighted by Crippen LogP contribution is 1.97. The van der Waals surface area contributed by atoms with Crippen LogP contribution in [0.1, 0.15) is 6.92 Å². The van der Waals surface area contributed by atoms with E-state index in [4.69, 9.17) is 0 Å². The molecule has 0 bridgehead atoms. The largest absolute Gasteiger partial charge is 0.334 e. The molecule has 0 aromatic heterocycles. The molecule has 1 heterocycles. The molecule has 1 aliphatic heterocycles. The van der Waals surface area contributed by atoms with Gasteiger partial charge in [0.2, 0.25) is 0 Å². The van der Waals surface area contributed by atoms with E-state index in [0.29, 0.717) is 6.04 Å². The molecule has 0 spiro atoms. The van der Waals surface area contributed by atoms with Gasteiger partial charge in [-0.1, -0.05) is 0 Å². The van der Waals surface area contributed by atoms with Crippen molar-refractivity contribution < 1.29 is 4.79 Å². The summed E-state index contributed by atoms with van der Waals surface area (Å²) in [5.74, 6) is 0. The zero-order valence-electron chi connectivity index (χ0n) is 5.14. The number of carbonyl (C=O) groups is 1. The molecule has 1 N–H and O–H groups in total. The van der Waals surface area contributed by atoms with E-state index in [1.54, 1.807) is 11.9 Å². The summed E-state index contributed by atoms with van der Waals surface area (Å²) in [7, 11) is 1.79. The topological polar surface area (TPSA) is 32.3 Å². The summed E-state index contributed by atoms with van der Waals surface area (Å²) < 4.78 is 0. The standard InChI is InChI=1S/C5H10N2O/c1-4-3-7(2)5(8)6-4/h4H,3H2,1-2H3,(H,6,8). The normalized spacial score (nSPS) is 28.5. The molecule has 2 amide bonds. The first-order valence-electron chi connectivity index (χ1n) is 2.72. The summed E-state index contributed by atoms with van der Waals surface area (Å²) in [4.78, 5) is 12.3. The molecule has 46 valence electrons. The van der Waals surface area contributed by atoms with Gasteiger partial charge in [-0.2, -0.15) is 0 Å². The third-order valence-electron chi connectivity index (χ3n) is 1.26. The Labute approximate surface area is 48.7 Å². The maximum absolute atomic E-state index is 10.6. The van der Waals surface area contributed by atoms with Gasteiger partial charge in [-0.3, -0.25) is 0 Å². The van der Waals surface area contributed by atoms with Gasteiger partial charge in [0.1, 0.15) is 0 Å². The fourth-order valence-corrected chi connectivity index (χ4v) is 0.860. The second-order valence-corrected chi connectivity index (χ2v) is 2.23. The molecule has 1 rings (SSSR count). The van der Waals surface area contributed by atoms with E-state index in [-0.39, 0.29) is 6.03 Å². The SMILES string of the molecule is CC1CN(C)C(=O)N1. The van der Waals surface area contributed by atoms with Gasteiger partial charge in [0.05, 0.1) is 0 Å². The van der Waals surface area contributed by atoms with Crippen LogP contribution in [0.3, 0.4) is 0 Å². The Morgan fingerprint density at radius 3 is 2.62 bits per heavy atom. The summed E-state index contributed by atoms with van der Waals surface area (Å²) in [5.41, 5.74) is 0. The Balaban J connectivity index is 2.51. The molecule has 8 heavy (non-hydrogen) atoms. The van der Waals surface area contributed by atoms with Crippen molar-refractivity contribution in [3.63, 3.8) is 0 Å². The molecule has 0 radical (unpaired) electrons. The Bertz CT molecular complexity index is 113. The number of nitrogens with one attached hydrogen (secondary N) is 1. The zero-order valence-corrected chi connectivity index (χ0v) is 5.14. The van der Waals surface area contributed by atoms with Gasteiger partial charge in [-0.25, -0.2) is 4.79 Å². The molecule has 3 heteroatoms. The minimum Gasteiger partial charge on any atom is -0.334 e. The number of likely N-dealkylation sites (N-methyl/N-ethyl adjacent to an activating group) is 1. The summed E-state index contributed by atoms with van der Waals surface area (Å²) in [5, 5.41) is 2.75. The molecular weight excluding hydrogens is 104 g/mol. The fourth-order valence-electron chi connectivity index (χ4n) is 0.860. The summed E-state index contributed by atoms with van der Waals surface area (Å²) in [6, 6.07) is 0.366. The number of amides is 2. The van der Waals surface area contributed by atoms with Crippen LogP contribution in [0.15, 0.2) is 0 Å². The van der Waals surface area contributed by atoms with Crippen molar-refractivity contribution in [2.24, 2.45) is 0 Å². The van der Waals surface area contributed by atoms with E-state index in [1.165, 1.54) is 0 Å². The molecule has 1 aliphatic rings. The van der Waals surface area contributed by atoms with Crippen molar-refractivity contribution in [3.8, 4) is 0 Å². The van der Waals surface area contributed by atoms with Crippen LogP contribution >= 0.6 is 0 Å². The smallest absolute Gasteiger partial charge is 0.317 e. The lowest BCUT2D eigenvalue weighted by molar-refractivity contribution is 0.226. The van der Waals surface area contributed by atoms with Crippen LogP contribution in [-0.2, 0) is 0 Å². The maximum atomic E-state index is 10.6. The van der Waals surface area contributed by atoms with E-state index >= 15 is 0 Å². The summed E-state index contributed by atoms with van der Waals surface area (Å²) in [6.07, 6.45) is 0. The molecule has 1 unspecified atom stereocenters. The lowest BCUT2D eigenvalue weighted by atomic mass is 10.4. The van der Waals surface area contributed by atoms with E-state index in [0.717, 1.165) is 6.54 Å². The molecule has 0 aromatic carbocycles. The van der Waals surface area contributed by atoms with Gasteiger partial charge in [0, 0.05) is 19.6 Å².